The highest BCUT2D eigenvalue weighted by atomic mass is 16.6. The van der Waals surface area contributed by atoms with Crippen molar-refractivity contribution in [3.05, 3.63) is 80.1 Å². The number of aryl methyl sites for hydroxylation is 2. The van der Waals surface area contributed by atoms with E-state index >= 15 is 0 Å². The molecule has 33 heavy (non-hydrogen) atoms. The van der Waals surface area contributed by atoms with Crippen molar-refractivity contribution in [2.24, 2.45) is 14.1 Å². The Bertz CT molecular complexity index is 1610. The van der Waals surface area contributed by atoms with Crippen LogP contribution in [-0.4, -0.2) is 30.8 Å². The zero-order valence-electron chi connectivity index (χ0n) is 17.4. The number of nitro groups is 2. The maximum Gasteiger partial charge on any atom is 0.293 e. The van der Waals surface area contributed by atoms with Gasteiger partial charge >= 0.3 is 0 Å². The molecule has 1 aliphatic rings. The third-order valence-corrected chi connectivity index (χ3v) is 5.83. The van der Waals surface area contributed by atoms with E-state index < -0.39 is 21.7 Å². The van der Waals surface area contributed by atoms with Crippen LogP contribution in [0.15, 0.2) is 48.8 Å². The van der Waals surface area contributed by atoms with Crippen LogP contribution in [0.1, 0.15) is 11.1 Å². The monoisotopic (exact) mass is 445 g/mol. The van der Waals surface area contributed by atoms with Gasteiger partial charge in [-0.2, -0.15) is 0 Å². The predicted octanol–water partition coefficient (Wildman–Crippen LogP) is 3.05. The summed E-state index contributed by atoms with van der Waals surface area (Å²) >= 11 is 0. The second kappa shape index (κ2) is 6.85. The van der Waals surface area contributed by atoms with Gasteiger partial charge in [0, 0.05) is 66.6 Å². The van der Waals surface area contributed by atoms with Gasteiger partial charge in [0.05, 0.1) is 26.5 Å². The Kier molecular flexibility index (Phi) is 4.18. The minimum Gasteiger partial charge on any atom is -0.350 e. The Morgan fingerprint density at radius 2 is 1.45 bits per heavy atom. The molecule has 2 aromatic carbocycles. The molecule has 3 heterocycles. The fourth-order valence-corrected chi connectivity index (χ4v) is 4.45. The number of nitrogens with zero attached hydrogens (tertiary/aromatic N) is 4. The van der Waals surface area contributed by atoms with Crippen LogP contribution >= 0.6 is 0 Å². The van der Waals surface area contributed by atoms with E-state index in [9.17, 15) is 29.8 Å². The lowest BCUT2D eigenvalue weighted by Gasteiger charge is -2.03. The molecule has 0 unspecified atom stereocenters. The van der Waals surface area contributed by atoms with E-state index in [1.165, 1.54) is 30.3 Å². The van der Waals surface area contributed by atoms with Crippen molar-refractivity contribution in [2.45, 2.75) is 0 Å². The first-order valence-corrected chi connectivity index (χ1v) is 9.75. The van der Waals surface area contributed by atoms with Gasteiger partial charge in [-0.05, 0) is 6.07 Å². The first-order chi connectivity index (χ1) is 15.7. The lowest BCUT2D eigenvalue weighted by molar-refractivity contribution is -0.384. The van der Waals surface area contributed by atoms with Gasteiger partial charge in [0.15, 0.2) is 0 Å². The van der Waals surface area contributed by atoms with E-state index in [2.05, 4.69) is 5.32 Å². The Hall–Kier alpha value is -4.80. The average molecular weight is 445 g/mol. The number of nitro benzene ring substituents is 2. The third-order valence-electron chi connectivity index (χ3n) is 5.83. The predicted molar refractivity (Wildman–Crippen MR) is 119 cm³/mol. The van der Waals surface area contributed by atoms with Gasteiger partial charge in [-0.1, -0.05) is 12.1 Å². The van der Waals surface area contributed by atoms with Crippen molar-refractivity contribution >= 4 is 56.1 Å². The average Bonchev–Trinajstić information content (AvgIpc) is 3.38. The highest BCUT2D eigenvalue weighted by Gasteiger charge is 2.36. The minimum atomic E-state index is -0.618. The number of rotatable bonds is 4. The molecule has 0 atom stereocenters. The number of carbonyl (C=O) groups excluding carboxylic acids is 2. The molecule has 4 aromatic rings. The number of hydrogen-bond acceptors (Lipinski definition) is 6. The molecule has 0 aliphatic carbocycles. The second-order valence-corrected chi connectivity index (χ2v) is 7.73. The van der Waals surface area contributed by atoms with Gasteiger partial charge in [-0.3, -0.25) is 35.1 Å². The van der Waals surface area contributed by atoms with Crippen LogP contribution in [0, 0.1) is 20.2 Å². The summed E-state index contributed by atoms with van der Waals surface area (Å²) in [6.07, 6.45) is 3.22. The number of hydrogen-bond donors (Lipinski definition) is 1. The summed E-state index contributed by atoms with van der Waals surface area (Å²) in [5.74, 6) is -1.23. The quantitative estimate of drug-likeness (QED) is 0.291. The first kappa shape index (κ1) is 20.1. The Balaban J connectivity index is 1.84. The van der Waals surface area contributed by atoms with Crippen molar-refractivity contribution in [1.82, 2.24) is 14.5 Å². The Morgan fingerprint density at radius 3 is 2.09 bits per heavy atom. The van der Waals surface area contributed by atoms with Crippen molar-refractivity contribution in [1.29, 1.82) is 0 Å². The summed E-state index contributed by atoms with van der Waals surface area (Å²) in [6.45, 7) is 0. The molecule has 0 radical (unpaired) electrons. The zero-order chi connectivity index (χ0) is 23.6. The van der Waals surface area contributed by atoms with Crippen molar-refractivity contribution in [3.63, 3.8) is 0 Å². The first-order valence-electron chi connectivity index (χ1n) is 9.75. The molecule has 0 saturated carbocycles. The van der Waals surface area contributed by atoms with E-state index in [-0.39, 0.29) is 22.5 Å². The molecule has 2 amide bonds. The molecule has 164 valence electrons. The molecule has 11 nitrogen and oxygen atoms in total. The molecule has 1 N–H and O–H groups in total. The normalized spacial score (nSPS) is 13.9. The van der Waals surface area contributed by atoms with Gasteiger partial charge in [-0.25, -0.2) is 0 Å². The number of imide groups is 1. The molecule has 2 aromatic heterocycles. The van der Waals surface area contributed by atoms with Crippen molar-refractivity contribution < 1.29 is 19.4 Å². The van der Waals surface area contributed by atoms with E-state index in [1.807, 2.05) is 0 Å². The smallest absolute Gasteiger partial charge is 0.293 e. The second-order valence-electron chi connectivity index (χ2n) is 7.73. The van der Waals surface area contributed by atoms with Crippen LogP contribution in [-0.2, 0) is 23.7 Å². The van der Waals surface area contributed by atoms with Crippen LogP contribution in [0.25, 0.3) is 33.0 Å². The highest BCUT2D eigenvalue weighted by molar-refractivity contribution is 6.50. The summed E-state index contributed by atoms with van der Waals surface area (Å²) in [5.41, 5.74) is 1.65. The van der Waals surface area contributed by atoms with Crippen LogP contribution in [0.5, 0.6) is 0 Å². The summed E-state index contributed by atoms with van der Waals surface area (Å²) in [6, 6.07) is 8.83. The molecule has 0 bridgehead atoms. The van der Waals surface area contributed by atoms with Gasteiger partial charge in [0.2, 0.25) is 0 Å². The molecule has 0 saturated heterocycles. The van der Waals surface area contributed by atoms with Gasteiger partial charge in [0.25, 0.3) is 23.2 Å². The van der Waals surface area contributed by atoms with Crippen LogP contribution in [0.3, 0.4) is 0 Å². The zero-order valence-corrected chi connectivity index (χ0v) is 17.4. The maximum atomic E-state index is 12.9. The number of non-ortho nitro benzene ring substituents is 2. The lowest BCUT2D eigenvalue weighted by atomic mass is 9.95. The molecule has 5 rings (SSSR count). The Morgan fingerprint density at radius 1 is 0.818 bits per heavy atom. The molecule has 1 aliphatic heterocycles. The summed E-state index contributed by atoms with van der Waals surface area (Å²) in [5, 5.41) is 26.0. The third kappa shape index (κ3) is 2.82. The highest BCUT2D eigenvalue weighted by Crippen LogP contribution is 2.40. The van der Waals surface area contributed by atoms with Crippen LogP contribution in [0.4, 0.5) is 11.4 Å². The number of benzene rings is 2. The topological polar surface area (TPSA) is 142 Å². The van der Waals surface area contributed by atoms with Crippen LogP contribution < -0.4 is 5.32 Å². The number of carbonyl (C=O) groups is 2. The molecular formula is C22H15N5O6. The fraction of sp³-hybridized carbons (Fsp3) is 0.0909. The minimum absolute atomic E-state index is 0.0944. The number of para-hydroxylation sites is 1. The van der Waals surface area contributed by atoms with E-state index in [0.717, 1.165) is 0 Å². The lowest BCUT2D eigenvalue weighted by Crippen LogP contribution is -2.22. The summed E-state index contributed by atoms with van der Waals surface area (Å²) < 4.78 is 3.20. The number of fused-ring (bicyclic) bond motifs is 2. The Labute approximate surface area is 184 Å². The van der Waals surface area contributed by atoms with Gasteiger partial charge < -0.3 is 9.13 Å². The summed E-state index contributed by atoms with van der Waals surface area (Å²) in [4.78, 5) is 47.5. The SMILES string of the molecule is Cn1cc(C2=C(c3cn(C)c4c([N+](=O)[O-])cccc34)C(=O)NC2=O)c2ccc([N+](=O)[O-])cc21. The summed E-state index contributed by atoms with van der Waals surface area (Å²) in [7, 11) is 3.32. The standard InChI is InChI=1S/C22H15N5O6/c1-24-9-14(12-7-6-11(26(30)31)8-17(12)24)18-19(22(29)23-21(18)28)15-10-25(2)20-13(15)4-3-5-16(20)27(32)33/h3-10H,1-2H3,(H,23,28,29). The number of aromatic nitrogens is 2. The molecule has 0 fully saturated rings. The fourth-order valence-electron chi connectivity index (χ4n) is 4.45. The van der Waals surface area contributed by atoms with Gasteiger partial charge in [-0.15, -0.1) is 0 Å². The van der Waals surface area contributed by atoms with E-state index in [4.69, 9.17) is 0 Å². The van der Waals surface area contributed by atoms with Crippen LogP contribution in [0.2, 0.25) is 0 Å². The molecule has 11 heteroatoms. The van der Waals surface area contributed by atoms with Crippen molar-refractivity contribution in [3.8, 4) is 0 Å². The molecular weight excluding hydrogens is 430 g/mol. The maximum absolute atomic E-state index is 12.9. The van der Waals surface area contributed by atoms with E-state index in [1.54, 1.807) is 41.7 Å². The number of nitrogens with one attached hydrogen (secondary N) is 1. The largest absolute Gasteiger partial charge is 0.350 e. The van der Waals surface area contributed by atoms with E-state index in [0.29, 0.717) is 32.9 Å². The molecule has 0 spiro atoms. The van der Waals surface area contributed by atoms with Gasteiger partial charge in [0.1, 0.15) is 5.52 Å². The number of amides is 2. The van der Waals surface area contributed by atoms with Crippen molar-refractivity contribution in [2.75, 3.05) is 0 Å².